The molecule has 19 heavy (non-hydrogen) atoms. The Labute approximate surface area is 111 Å². The average Bonchev–Trinajstić information content (AvgIpc) is 2.76. The minimum Gasteiger partial charge on any atom is -0.382 e. The van der Waals surface area contributed by atoms with Gasteiger partial charge < -0.3 is 11.1 Å². The Morgan fingerprint density at radius 3 is 3.00 bits per heavy atom. The number of hydrogen-bond acceptors (Lipinski definition) is 6. The highest BCUT2D eigenvalue weighted by molar-refractivity contribution is 5.65. The van der Waals surface area contributed by atoms with Crippen LogP contribution >= 0.6 is 0 Å². The fourth-order valence-electron chi connectivity index (χ4n) is 1.63. The maximum absolute atomic E-state index is 9.16. The van der Waals surface area contributed by atoms with Crippen LogP contribution < -0.4 is 11.1 Å². The standard InChI is InChI=1S/C12H15N7/c1-2-3-5-16-12-9(7-13)11(14)19(18-12)10-4-6-15-8-17-10/h4,6,8H,2-3,5,14H2,1H3,(H,16,18). The zero-order valence-corrected chi connectivity index (χ0v) is 10.7. The zero-order chi connectivity index (χ0) is 13.7. The van der Waals surface area contributed by atoms with Gasteiger partial charge >= 0.3 is 0 Å². The van der Waals surface area contributed by atoms with Gasteiger partial charge in [0.25, 0.3) is 0 Å². The van der Waals surface area contributed by atoms with Crippen LogP contribution in [-0.4, -0.2) is 26.3 Å². The molecule has 2 heterocycles. The summed E-state index contributed by atoms with van der Waals surface area (Å²) in [5.41, 5.74) is 6.27. The fraction of sp³-hybridized carbons (Fsp3) is 0.333. The number of aromatic nitrogens is 4. The summed E-state index contributed by atoms with van der Waals surface area (Å²) < 4.78 is 1.44. The number of nitrogen functional groups attached to an aromatic ring is 1. The topological polar surface area (TPSA) is 105 Å². The van der Waals surface area contributed by atoms with Crippen LogP contribution in [0.1, 0.15) is 25.3 Å². The van der Waals surface area contributed by atoms with Crippen molar-refractivity contribution in [2.75, 3.05) is 17.6 Å². The molecule has 0 bridgehead atoms. The lowest BCUT2D eigenvalue weighted by Gasteiger charge is -2.01. The normalized spacial score (nSPS) is 10.1. The van der Waals surface area contributed by atoms with Gasteiger partial charge in [-0.1, -0.05) is 13.3 Å². The first kappa shape index (κ1) is 12.8. The fourth-order valence-corrected chi connectivity index (χ4v) is 1.63. The molecule has 0 amide bonds. The lowest BCUT2D eigenvalue weighted by molar-refractivity contribution is 0.815. The summed E-state index contributed by atoms with van der Waals surface area (Å²) in [6.45, 7) is 2.85. The van der Waals surface area contributed by atoms with E-state index in [9.17, 15) is 0 Å². The molecule has 0 aliphatic rings. The predicted molar refractivity (Wildman–Crippen MR) is 71.7 cm³/mol. The third-order valence-electron chi connectivity index (χ3n) is 2.64. The second kappa shape index (κ2) is 5.82. The molecule has 7 nitrogen and oxygen atoms in total. The number of nitrogens with two attached hydrogens (primary N) is 1. The molecule has 0 saturated carbocycles. The Bertz CT molecular complexity index is 582. The molecule has 7 heteroatoms. The van der Waals surface area contributed by atoms with Crippen molar-refractivity contribution in [1.82, 2.24) is 19.7 Å². The van der Waals surface area contributed by atoms with Crippen molar-refractivity contribution in [1.29, 1.82) is 5.26 Å². The Kier molecular flexibility index (Phi) is 3.93. The van der Waals surface area contributed by atoms with Crippen molar-refractivity contribution in [3.8, 4) is 11.9 Å². The SMILES string of the molecule is CCCCNc1nn(-c2ccncn2)c(N)c1C#N. The minimum atomic E-state index is 0.278. The van der Waals surface area contributed by atoms with E-state index in [4.69, 9.17) is 11.0 Å². The van der Waals surface area contributed by atoms with Crippen LogP contribution in [0.4, 0.5) is 11.6 Å². The summed E-state index contributed by atoms with van der Waals surface area (Å²) in [6.07, 6.45) is 5.08. The molecule has 2 aromatic heterocycles. The summed E-state index contributed by atoms with van der Waals surface area (Å²) in [5.74, 6) is 1.31. The predicted octanol–water partition coefficient (Wildman–Crippen LogP) is 1.33. The molecular formula is C12H15N7. The largest absolute Gasteiger partial charge is 0.382 e. The number of nitrogens with one attached hydrogen (secondary N) is 1. The molecule has 0 spiro atoms. The van der Waals surface area contributed by atoms with E-state index < -0.39 is 0 Å². The van der Waals surface area contributed by atoms with E-state index in [0.717, 1.165) is 19.4 Å². The van der Waals surface area contributed by atoms with Crippen molar-refractivity contribution in [3.63, 3.8) is 0 Å². The summed E-state index contributed by atoms with van der Waals surface area (Å²) >= 11 is 0. The van der Waals surface area contributed by atoms with Gasteiger partial charge in [-0.05, 0) is 6.42 Å². The summed E-state index contributed by atoms with van der Waals surface area (Å²) in [5, 5.41) is 16.6. The van der Waals surface area contributed by atoms with Crippen LogP contribution in [0.3, 0.4) is 0 Å². The number of hydrogen-bond donors (Lipinski definition) is 2. The first-order valence-electron chi connectivity index (χ1n) is 6.06. The Balaban J connectivity index is 2.34. The highest BCUT2D eigenvalue weighted by Gasteiger charge is 2.16. The second-order valence-electron chi connectivity index (χ2n) is 3.98. The van der Waals surface area contributed by atoms with Crippen LogP contribution in [-0.2, 0) is 0 Å². The van der Waals surface area contributed by atoms with Gasteiger partial charge in [0.1, 0.15) is 23.8 Å². The molecule has 0 fully saturated rings. The number of nitrogens with zero attached hydrogens (tertiary/aromatic N) is 5. The summed E-state index contributed by atoms with van der Waals surface area (Å²) in [6, 6.07) is 3.75. The lowest BCUT2D eigenvalue weighted by atomic mass is 10.3. The number of anilines is 2. The van der Waals surface area contributed by atoms with Crippen LogP contribution in [0.5, 0.6) is 0 Å². The average molecular weight is 257 g/mol. The van der Waals surface area contributed by atoms with Gasteiger partial charge in [-0.25, -0.2) is 9.97 Å². The monoisotopic (exact) mass is 257 g/mol. The van der Waals surface area contributed by atoms with Gasteiger partial charge in [0.2, 0.25) is 0 Å². The number of nitriles is 1. The van der Waals surface area contributed by atoms with Crippen LogP contribution in [0.15, 0.2) is 18.6 Å². The van der Waals surface area contributed by atoms with Gasteiger partial charge in [-0.15, -0.1) is 5.10 Å². The Morgan fingerprint density at radius 1 is 1.53 bits per heavy atom. The van der Waals surface area contributed by atoms with E-state index in [1.807, 2.05) is 0 Å². The van der Waals surface area contributed by atoms with Crippen molar-refractivity contribution < 1.29 is 0 Å². The maximum Gasteiger partial charge on any atom is 0.168 e. The lowest BCUT2D eigenvalue weighted by Crippen LogP contribution is -2.05. The molecule has 0 unspecified atom stereocenters. The summed E-state index contributed by atoms with van der Waals surface area (Å²) in [4.78, 5) is 7.90. The van der Waals surface area contributed by atoms with Crippen molar-refractivity contribution in [3.05, 3.63) is 24.2 Å². The highest BCUT2D eigenvalue weighted by atomic mass is 15.4. The second-order valence-corrected chi connectivity index (χ2v) is 3.98. The molecule has 0 aliphatic heterocycles. The molecular weight excluding hydrogens is 242 g/mol. The molecule has 0 saturated heterocycles. The highest BCUT2D eigenvalue weighted by Crippen LogP contribution is 2.22. The third-order valence-corrected chi connectivity index (χ3v) is 2.64. The van der Waals surface area contributed by atoms with Gasteiger partial charge in [0.15, 0.2) is 11.6 Å². The quantitative estimate of drug-likeness (QED) is 0.783. The summed E-state index contributed by atoms with van der Waals surface area (Å²) in [7, 11) is 0. The van der Waals surface area contributed by atoms with Crippen LogP contribution in [0.2, 0.25) is 0 Å². The van der Waals surface area contributed by atoms with Crippen LogP contribution in [0, 0.1) is 11.3 Å². The smallest absolute Gasteiger partial charge is 0.168 e. The minimum absolute atomic E-state index is 0.278. The molecule has 0 radical (unpaired) electrons. The van der Waals surface area contributed by atoms with E-state index >= 15 is 0 Å². The molecule has 2 aromatic rings. The first-order valence-corrected chi connectivity index (χ1v) is 6.06. The van der Waals surface area contributed by atoms with Gasteiger partial charge in [-0.3, -0.25) is 0 Å². The van der Waals surface area contributed by atoms with Gasteiger partial charge in [0, 0.05) is 18.8 Å². The molecule has 2 rings (SSSR count). The number of rotatable bonds is 5. The molecule has 98 valence electrons. The number of unbranched alkanes of at least 4 members (excludes halogenated alkanes) is 1. The molecule has 0 aliphatic carbocycles. The Morgan fingerprint density at radius 2 is 2.37 bits per heavy atom. The van der Waals surface area contributed by atoms with E-state index in [0.29, 0.717) is 17.2 Å². The van der Waals surface area contributed by atoms with Crippen LogP contribution in [0.25, 0.3) is 5.82 Å². The Hall–Kier alpha value is -2.62. The van der Waals surface area contributed by atoms with E-state index in [1.54, 1.807) is 12.3 Å². The first-order chi connectivity index (χ1) is 9.27. The molecule has 0 aromatic carbocycles. The third kappa shape index (κ3) is 2.63. The van der Waals surface area contributed by atoms with E-state index in [2.05, 4.69) is 33.4 Å². The zero-order valence-electron chi connectivity index (χ0n) is 10.7. The molecule has 3 N–H and O–H groups in total. The van der Waals surface area contributed by atoms with Crippen molar-refractivity contribution in [2.45, 2.75) is 19.8 Å². The van der Waals surface area contributed by atoms with E-state index in [1.165, 1.54) is 11.0 Å². The van der Waals surface area contributed by atoms with E-state index in [-0.39, 0.29) is 5.82 Å². The van der Waals surface area contributed by atoms with Gasteiger partial charge in [-0.2, -0.15) is 9.94 Å². The molecule has 0 atom stereocenters. The van der Waals surface area contributed by atoms with Crippen molar-refractivity contribution >= 4 is 11.6 Å². The van der Waals surface area contributed by atoms with Crippen molar-refractivity contribution in [2.24, 2.45) is 0 Å². The van der Waals surface area contributed by atoms with Gasteiger partial charge in [0.05, 0.1) is 0 Å². The maximum atomic E-state index is 9.16.